The maximum absolute atomic E-state index is 13.8. The molecule has 0 aliphatic carbocycles. The molecule has 0 fully saturated rings. The van der Waals surface area contributed by atoms with Crippen molar-refractivity contribution in [2.75, 3.05) is 4.90 Å². The van der Waals surface area contributed by atoms with Gasteiger partial charge in [0.1, 0.15) is 5.58 Å². The number of anilines is 1. The summed E-state index contributed by atoms with van der Waals surface area (Å²) in [5.41, 5.74) is 3.46. The molecule has 184 valence electrons. The third kappa shape index (κ3) is 4.35. The molecule has 1 aliphatic rings. The quantitative estimate of drug-likeness (QED) is 0.170. The maximum atomic E-state index is 13.8. The predicted octanol–water partition coefficient (Wildman–Crippen LogP) is 6.90. The largest absolute Gasteiger partial charge is 0.450 e. The van der Waals surface area contributed by atoms with Crippen molar-refractivity contribution in [3.63, 3.8) is 0 Å². The Morgan fingerprint density at radius 1 is 1.00 bits per heavy atom. The molecule has 0 bridgehead atoms. The van der Waals surface area contributed by atoms with Crippen LogP contribution in [0.25, 0.3) is 11.0 Å². The second-order valence-corrected chi connectivity index (χ2v) is 11.2. The van der Waals surface area contributed by atoms with Crippen molar-refractivity contribution in [1.82, 2.24) is 10.2 Å². The van der Waals surface area contributed by atoms with Gasteiger partial charge in [-0.25, -0.2) is 0 Å². The predicted molar refractivity (Wildman–Crippen MR) is 148 cm³/mol. The molecular formula is C28H20ClN3O3S2. The highest BCUT2D eigenvalue weighted by atomic mass is 35.5. The zero-order valence-corrected chi connectivity index (χ0v) is 22.1. The van der Waals surface area contributed by atoms with Gasteiger partial charge in [-0.2, -0.15) is 0 Å². The Balaban J connectivity index is 1.45. The number of rotatable bonds is 6. The smallest absolute Gasteiger partial charge is 0.297 e. The van der Waals surface area contributed by atoms with Gasteiger partial charge in [0, 0.05) is 10.8 Å². The fraction of sp³-hybridized carbons (Fsp3) is 0.143. The number of fused-ring (bicyclic) bond motifs is 2. The van der Waals surface area contributed by atoms with Crippen molar-refractivity contribution in [1.29, 1.82) is 0 Å². The van der Waals surface area contributed by atoms with Crippen molar-refractivity contribution in [3.8, 4) is 0 Å². The number of halogens is 1. The minimum atomic E-state index is -0.687. The van der Waals surface area contributed by atoms with Gasteiger partial charge in [-0.15, -0.1) is 10.2 Å². The van der Waals surface area contributed by atoms with Gasteiger partial charge in [-0.1, -0.05) is 96.2 Å². The van der Waals surface area contributed by atoms with Gasteiger partial charge in [-0.05, 0) is 41.3 Å². The minimum absolute atomic E-state index is 0.0260. The Labute approximate surface area is 225 Å². The second kappa shape index (κ2) is 9.78. The molecule has 2 aromatic heterocycles. The lowest BCUT2D eigenvalue weighted by atomic mass is 9.97. The van der Waals surface area contributed by atoms with Crippen LogP contribution in [0.5, 0.6) is 0 Å². The van der Waals surface area contributed by atoms with Crippen LogP contribution in [0, 0.1) is 0 Å². The van der Waals surface area contributed by atoms with Crippen LogP contribution in [0.15, 0.2) is 86.3 Å². The number of nitrogens with zero attached hydrogens (tertiary/aromatic N) is 3. The van der Waals surface area contributed by atoms with Gasteiger partial charge in [0.25, 0.3) is 5.91 Å². The molecule has 0 spiro atoms. The van der Waals surface area contributed by atoms with Gasteiger partial charge in [-0.3, -0.25) is 14.5 Å². The molecule has 0 N–H and O–H groups in total. The number of aromatic nitrogens is 2. The number of aryl methyl sites for hydroxylation is 1. The summed E-state index contributed by atoms with van der Waals surface area (Å²) in [6.45, 7) is 2.08. The van der Waals surface area contributed by atoms with E-state index in [1.54, 1.807) is 30.0 Å². The van der Waals surface area contributed by atoms with Gasteiger partial charge in [0.05, 0.1) is 17.0 Å². The summed E-state index contributed by atoms with van der Waals surface area (Å²) in [6, 6.07) is 22.2. The Morgan fingerprint density at radius 3 is 2.54 bits per heavy atom. The number of carbonyl (C=O) groups is 1. The molecule has 3 heterocycles. The zero-order valence-electron chi connectivity index (χ0n) is 19.7. The van der Waals surface area contributed by atoms with Crippen LogP contribution in [0.3, 0.4) is 0 Å². The second-order valence-electron chi connectivity index (χ2n) is 8.61. The minimum Gasteiger partial charge on any atom is -0.450 e. The first kappa shape index (κ1) is 23.9. The fourth-order valence-corrected chi connectivity index (χ4v) is 6.47. The molecule has 5 aromatic rings. The van der Waals surface area contributed by atoms with Crippen LogP contribution in [-0.4, -0.2) is 16.1 Å². The summed E-state index contributed by atoms with van der Waals surface area (Å²) in [6.07, 6.45) is 0.883. The molecular weight excluding hydrogens is 526 g/mol. The van der Waals surface area contributed by atoms with Crippen LogP contribution in [0.1, 0.15) is 45.8 Å². The van der Waals surface area contributed by atoms with E-state index in [1.165, 1.54) is 21.8 Å². The highest BCUT2D eigenvalue weighted by molar-refractivity contribution is 8.00. The van der Waals surface area contributed by atoms with E-state index >= 15 is 0 Å². The van der Waals surface area contributed by atoms with E-state index in [0.717, 1.165) is 27.6 Å². The van der Waals surface area contributed by atoms with Crippen molar-refractivity contribution in [3.05, 3.63) is 116 Å². The lowest BCUT2D eigenvalue weighted by Gasteiger charge is -2.22. The number of amides is 1. The van der Waals surface area contributed by atoms with E-state index in [0.29, 0.717) is 21.1 Å². The molecule has 0 saturated carbocycles. The topological polar surface area (TPSA) is 76.3 Å². The summed E-state index contributed by atoms with van der Waals surface area (Å²) >= 11 is 9.06. The van der Waals surface area contributed by atoms with E-state index in [4.69, 9.17) is 16.0 Å². The van der Waals surface area contributed by atoms with Crippen LogP contribution in [-0.2, 0) is 12.2 Å². The standard InChI is InChI=1S/C28H20ClN3O3S2/c1-2-16-8-10-18(11-9-16)23-22-24(33)20-14-19(29)12-13-21(20)35-25(22)26(34)32(23)27-30-31-28(37-27)36-15-17-6-4-3-5-7-17/h3-14,23H,2,15H2,1H3. The molecule has 1 atom stereocenters. The number of hydrogen-bond acceptors (Lipinski definition) is 7. The number of benzene rings is 3. The lowest BCUT2D eigenvalue weighted by molar-refractivity contribution is 0.0970. The molecule has 1 unspecified atom stereocenters. The lowest BCUT2D eigenvalue weighted by Crippen LogP contribution is -2.29. The molecule has 9 heteroatoms. The normalized spacial score (nSPS) is 14.9. The number of carbonyl (C=O) groups excluding carboxylic acids is 1. The van der Waals surface area contributed by atoms with Crippen LogP contribution in [0.4, 0.5) is 5.13 Å². The summed E-state index contributed by atoms with van der Waals surface area (Å²) in [7, 11) is 0. The average Bonchev–Trinajstić information content (AvgIpc) is 3.51. The van der Waals surface area contributed by atoms with Crippen molar-refractivity contribution in [2.45, 2.75) is 29.5 Å². The Morgan fingerprint density at radius 2 is 1.78 bits per heavy atom. The third-order valence-corrected chi connectivity index (χ3v) is 8.71. The van der Waals surface area contributed by atoms with E-state index in [2.05, 4.69) is 29.3 Å². The molecule has 0 radical (unpaired) electrons. The van der Waals surface area contributed by atoms with Crippen LogP contribution >= 0.6 is 34.7 Å². The molecule has 1 aliphatic heterocycles. The fourth-order valence-electron chi connectivity index (χ4n) is 4.47. The molecule has 1 amide bonds. The SMILES string of the molecule is CCc1ccc(C2c3c(oc4ccc(Cl)cc4c3=O)C(=O)N2c2nnc(SCc3ccccc3)s2)cc1. The molecule has 6 nitrogen and oxygen atoms in total. The Kier molecular flexibility index (Phi) is 6.32. The molecule has 37 heavy (non-hydrogen) atoms. The van der Waals surface area contributed by atoms with Crippen LogP contribution < -0.4 is 10.3 Å². The molecule has 0 saturated heterocycles. The van der Waals surface area contributed by atoms with Crippen LogP contribution in [0.2, 0.25) is 5.02 Å². The first-order valence-corrected chi connectivity index (χ1v) is 13.9. The summed E-state index contributed by atoms with van der Waals surface area (Å²) in [5, 5.41) is 9.86. The maximum Gasteiger partial charge on any atom is 0.297 e. The molecule has 6 rings (SSSR count). The van der Waals surface area contributed by atoms with Gasteiger partial charge >= 0.3 is 0 Å². The van der Waals surface area contributed by atoms with Gasteiger partial charge < -0.3 is 4.42 Å². The molecule has 3 aromatic carbocycles. The average molecular weight is 546 g/mol. The highest BCUT2D eigenvalue weighted by Crippen LogP contribution is 2.43. The zero-order chi connectivity index (χ0) is 25.5. The monoisotopic (exact) mass is 545 g/mol. The number of thioether (sulfide) groups is 1. The summed E-state index contributed by atoms with van der Waals surface area (Å²) < 4.78 is 6.75. The van der Waals surface area contributed by atoms with Crippen molar-refractivity contribution >= 4 is 56.7 Å². The van der Waals surface area contributed by atoms with E-state index in [9.17, 15) is 9.59 Å². The Bertz CT molecular complexity index is 1680. The van der Waals surface area contributed by atoms with Crippen molar-refractivity contribution in [2.24, 2.45) is 0 Å². The summed E-state index contributed by atoms with van der Waals surface area (Å²) in [4.78, 5) is 29.0. The first-order valence-electron chi connectivity index (χ1n) is 11.7. The Hall–Kier alpha value is -3.46. The first-order chi connectivity index (χ1) is 18.0. The highest BCUT2D eigenvalue weighted by Gasteiger charge is 2.45. The third-order valence-electron chi connectivity index (χ3n) is 6.34. The number of hydrogen-bond donors (Lipinski definition) is 0. The van der Waals surface area contributed by atoms with E-state index < -0.39 is 11.9 Å². The summed E-state index contributed by atoms with van der Waals surface area (Å²) in [5.74, 6) is 0.347. The van der Waals surface area contributed by atoms with E-state index in [-0.39, 0.29) is 16.8 Å². The van der Waals surface area contributed by atoms with Gasteiger partial charge in [0.15, 0.2) is 9.77 Å². The van der Waals surface area contributed by atoms with Crippen molar-refractivity contribution < 1.29 is 9.21 Å². The van der Waals surface area contributed by atoms with Gasteiger partial charge in [0.2, 0.25) is 10.9 Å². The van der Waals surface area contributed by atoms with E-state index in [1.807, 2.05) is 42.5 Å².